The first-order valence-corrected chi connectivity index (χ1v) is 7.66. The van der Waals surface area contributed by atoms with Gasteiger partial charge in [0.05, 0.1) is 13.5 Å². The van der Waals surface area contributed by atoms with Crippen LogP contribution in [0, 0.1) is 5.82 Å². The Morgan fingerprint density at radius 3 is 2.08 bits per heavy atom. The summed E-state index contributed by atoms with van der Waals surface area (Å²) in [7, 11) is 1.43. The first-order valence-electron chi connectivity index (χ1n) is 7.66. The van der Waals surface area contributed by atoms with Gasteiger partial charge in [-0.2, -0.15) is 0 Å². The van der Waals surface area contributed by atoms with Crippen LogP contribution in [0.2, 0.25) is 0 Å². The van der Waals surface area contributed by atoms with Crippen molar-refractivity contribution >= 4 is 23.7 Å². The minimum atomic E-state index is -0.790. The van der Waals surface area contributed by atoms with Crippen molar-refractivity contribution in [2.45, 2.75) is 6.42 Å². The van der Waals surface area contributed by atoms with Crippen LogP contribution < -0.4 is 4.74 Å². The van der Waals surface area contributed by atoms with Gasteiger partial charge < -0.3 is 14.9 Å². The Morgan fingerprint density at radius 1 is 0.962 bits per heavy atom. The summed E-state index contributed by atoms with van der Waals surface area (Å²) in [6.45, 7) is 0. The quantitative estimate of drug-likeness (QED) is 0.586. The number of carbonyl (C=O) groups excluding carboxylic acids is 2. The Labute approximate surface area is 149 Å². The molecule has 0 unspecified atom stereocenters. The lowest BCUT2D eigenvalue weighted by atomic mass is 10.1. The molecule has 0 amide bonds. The number of phenolic OH excluding ortho intramolecular Hbond substituents is 2. The second-order valence-electron chi connectivity index (χ2n) is 5.42. The molecule has 0 radical (unpaired) electrons. The van der Waals surface area contributed by atoms with E-state index in [1.807, 2.05) is 0 Å². The summed E-state index contributed by atoms with van der Waals surface area (Å²) in [5, 5.41) is 18.8. The van der Waals surface area contributed by atoms with E-state index in [0.29, 0.717) is 16.9 Å². The van der Waals surface area contributed by atoms with Crippen LogP contribution in [0.25, 0.3) is 12.2 Å². The van der Waals surface area contributed by atoms with Crippen molar-refractivity contribution in [3.63, 3.8) is 0 Å². The molecule has 0 heterocycles. The van der Waals surface area contributed by atoms with Gasteiger partial charge in [-0.15, -0.1) is 0 Å². The van der Waals surface area contributed by atoms with Gasteiger partial charge in [0.2, 0.25) is 0 Å². The Hall–Kier alpha value is -3.41. The molecular formula is C20H17FO5. The van der Waals surface area contributed by atoms with Gasteiger partial charge in [-0.25, -0.2) is 4.39 Å². The molecule has 0 aliphatic rings. The Balaban J connectivity index is 1.94. The summed E-state index contributed by atoms with van der Waals surface area (Å²) in [6.07, 6.45) is 4.93. The van der Waals surface area contributed by atoms with Crippen LogP contribution >= 0.6 is 0 Å². The zero-order chi connectivity index (χ0) is 19.1. The molecule has 0 spiro atoms. The normalized spacial score (nSPS) is 11.2. The summed E-state index contributed by atoms with van der Waals surface area (Å²) in [5.41, 5.74) is 0.976. The molecule has 134 valence electrons. The third-order valence-corrected chi connectivity index (χ3v) is 3.45. The van der Waals surface area contributed by atoms with E-state index in [4.69, 9.17) is 9.84 Å². The van der Waals surface area contributed by atoms with E-state index in [9.17, 15) is 19.1 Å². The van der Waals surface area contributed by atoms with Crippen molar-refractivity contribution in [2.75, 3.05) is 7.11 Å². The molecule has 26 heavy (non-hydrogen) atoms. The van der Waals surface area contributed by atoms with Gasteiger partial charge in [0, 0.05) is 0 Å². The summed E-state index contributed by atoms with van der Waals surface area (Å²) in [6, 6.07) is 8.35. The fourth-order valence-electron chi connectivity index (χ4n) is 2.11. The van der Waals surface area contributed by atoms with E-state index in [-0.39, 0.29) is 12.2 Å². The summed E-state index contributed by atoms with van der Waals surface area (Å²) in [5.74, 6) is -1.85. The maximum atomic E-state index is 13.2. The number of carbonyl (C=O) groups is 2. The molecule has 5 nitrogen and oxygen atoms in total. The zero-order valence-corrected chi connectivity index (χ0v) is 14.0. The first-order chi connectivity index (χ1) is 12.4. The van der Waals surface area contributed by atoms with Crippen molar-refractivity contribution in [3.8, 4) is 17.2 Å². The second-order valence-corrected chi connectivity index (χ2v) is 5.42. The number of ketones is 2. The van der Waals surface area contributed by atoms with Crippen molar-refractivity contribution < 1.29 is 28.9 Å². The number of ether oxygens (including phenoxy) is 1. The first kappa shape index (κ1) is 18.9. The van der Waals surface area contributed by atoms with Crippen LogP contribution in [0.4, 0.5) is 4.39 Å². The largest absolute Gasteiger partial charge is 0.505 e. The SMILES string of the molecule is COc1ccc(/C=C/C(=O)CC(=O)/C=C/c2ccc(O)c(F)c2)cc1O. The molecule has 0 saturated heterocycles. The monoisotopic (exact) mass is 356 g/mol. The molecular weight excluding hydrogens is 339 g/mol. The third kappa shape index (κ3) is 5.31. The average Bonchev–Trinajstić information content (AvgIpc) is 2.61. The molecule has 2 aromatic carbocycles. The fraction of sp³-hybridized carbons (Fsp3) is 0.100. The maximum absolute atomic E-state index is 13.2. The summed E-state index contributed by atoms with van der Waals surface area (Å²) < 4.78 is 18.1. The number of rotatable bonds is 7. The van der Waals surface area contributed by atoms with E-state index in [2.05, 4.69) is 0 Å². The Bertz CT molecular complexity index is 884. The number of halogens is 1. The van der Waals surface area contributed by atoms with Crippen LogP contribution in [0.3, 0.4) is 0 Å². The highest BCUT2D eigenvalue weighted by Crippen LogP contribution is 2.26. The van der Waals surface area contributed by atoms with Crippen LogP contribution in [0.15, 0.2) is 48.6 Å². The zero-order valence-electron chi connectivity index (χ0n) is 14.0. The topological polar surface area (TPSA) is 83.8 Å². The van der Waals surface area contributed by atoms with Gasteiger partial charge in [0.25, 0.3) is 0 Å². The van der Waals surface area contributed by atoms with Crippen molar-refractivity contribution in [2.24, 2.45) is 0 Å². The Kier molecular flexibility index (Phi) is 6.27. The number of hydrogen-bond donors (Lipinski definition) is 2. The molecule has 0 saturated carbocycles. The number of hydrogen-bond acceptors (Lipinski definition) is 5. The lowest BCUT2D eigenvalue weighted by Crippen LogP contribution is -2.01. The Morgan fingerprint density at radius 2 is 1.54 bits per heavy atom. The van der Waals surface area contributed by atoms with E-state index in [0.717, 1.165) is 6.07 Å². The lowest BCUT2D eigenvalue weighted by molar-refractivity contribution is -0.121. The molecule has 2 aromatic rings. The molecule has 0 fully saturated rings. The summed E-state index contributed by atoms with van der Waals surface area (Å²) >= 11 is 0. The average molecular weight is 356 g/mol. The van der Waals surface area contributed by atoms with Gasteiger partial charge in [0.1, 0.15) is 0 Å². The molecule has 0 aliphatic carbocycles. The van der Waals surface area contributed by atoms with Gasteiger partial charge in [-0.3, -0.25) is 9.59 Å². The standard InChI is InChI=1S/C20H17FO5/c1-26-20-9-5-14(11-19(20)25)3-7-16(23)12-15(22)6-2-13-4-8-18(24)17(21)10-13/h2-11,24-25H,12H2,1H3/b6-2+,7-3+. The predicted octanol–water partition coefficient (Wildman–Crippen LogP) is 3.50. The molecule has 6 heteroatoms. The van der Waals surface area contributed by atoms with E-state index in [1.54, 1.807) is 12.1 Å². The van der Waals surface area contributed by atoms with Crippen molar-refractivity contribution in [3.05, 3.63) is 65.5 Å². The highest BCUT2D eigenvalue weighted by atomic mass is 19.1. The van der Waals surface area contributed by atoms with Crippen molar-refractivity contribution in [1.29, 1.82) is 0 Å². The van der Waals surface area contributed by atoms with Gasteiger partial charge in [-0.1, -0.05) is 24.3 Å². The van der Waals surface area contributed by atoms with Crippen molar-refractivity contribution in [1.82, 2.24) is 0 Å². The van der Waals surface area contributed by atoms with Crippen LogP contribution in [0.1, 0.15) is 17.5 Å². The maximum Gasteiger partial charge on any atom is 0.165 e. The fourth-order valence-corrected chi connectivity index (χ4v) is 2.11. The number of allylic oxidation sites excluding steroid dienone is 2. The van der Waals surface area contributed by atoms with Crippen LogP contribution in [-0.4, -0.2) is 28.9 Å². The lowest BCUT2D eigenvalue weighted by Gasteiger charge is -2.03. The van der Waals surface area contributed by atoms with E-state index < -0.39 is 23.1 Å². The third-order valence-electron chi connectivity index (χ3n) is 3.45. The number of methoxy groups -OCH3 is 1. The summed E-state index contributed by atoms with van der Waals surface area (Å²) in [4.78, 5) is 23.6. The number of aromatic hydroxyl groups is 2. The minimum Gasteiger partial charge on any atom is -0.505 e. The second kappa shape index (κ2) is 8.62. The number of phenols is 2. The minimum absolute atomic E-state index is 0.0535. The molecule has 0 bridgehead atoms. The van der Waals surface area contributed by atoms with Gasteiger partial charge in [-0.05, 0) is 47.5 Å². The smallest absolute Gasteiger partial charge is 0.165 e. The van der Waals surface area contributed by atoms with Crippen LogP contribution in [0.5, 0.6) is 17.2 Å². The van der Waals surface area contributed by atoms with Gasteiger partial charge in [0.15, 0.2) is 34.6 Å². The van der Waals surface area contributed by atoms with Crippen LogP contribution in [-0.2, 0) is 9.59 Å². The molecule has 0 aromatic heterocycles. The molecule has 2 rings (SSSR count). The molecule has 2 N–H and O–H groups in total. The van der Waals surface area contributed by atoms with Gasteiger partial charge >= 0.3 is 0 Å². The highest BCUT2D eigenvalue weighted by molar-refractivity contribution is 6.10. The van der Waals surface area contributed by atoms with E-state index >= 15 is 0 Å². The molecule has 0 aliphatic heterocycles. The number of benzene rings is 2. The predicted molar refractivity (Wildman–Crippen MR) is 95.4 cm³/mol. The van der Waals surface area contributed by atoms with E-state index in [1.165, 1.54) is 49.6 Å². The molecule has 0 atom stereocenters. The highest BCUT2D eigenvalue weighted by Gasteiger charge is 2.05.